The molecule has 0 aromatic heterocycles. The summed E-state index contributed by atoms with van der Waals surface area (Å²) in [7, 11) is 0. The zero-order chi connectivity index (χ0) is 29.7. The minimum Gasteiger partial charge on any atom is -0.481 e. The lowest BCUT2D eigenvalue weighted by molar-refractivity contribution is -0.137. The highest BCUT2D eigenvalue weighted by Crippen LogP contribution is 2.40. The Hall–Kier alpha value is -3.81. The quantitative estimate of drug-likeness (QED) is 0.202. The van der Waals surface area contributed by atoms with E-state index in [1.807, 2.05) is 13.0 Å². The standard InChI is InChI=1S/C32H26Cl2F3NO3/c1-19(20-6-8-21(9-7-20)31(41)38-15-14-30(39)40)16-24-17-22(23-11-13-28(33)29(34)18-23)10-12-25(24)26-4-2-3-5-27(26)32(35,36)37/h2-13,17-19H,14-16H2,1H3,(H,38,41)(H,39,40). The molecule has 212 valence electrons. The van der Waals surface area contributed by atoms with E-state index in [-0.39, 0.29) is 30.4 Å². The largest absolute Gasteiger partial charge is 0.481 e. The first-order chi connectivity index (χ1) is 19.4. The van der Waals surface area contributed by atoms with Crippen molar-refractivity contribution < 1.29 is 27.9 Å². The number of carboxylic acids is 1. The van der Waals surface area contributed by atoms with E-state index in [1.54, 1.807) is 60.7 Å². The lowest BCUT2D eigenvalue weighted by Crippen LogP contribution is -2.25. The van der Waals surface area contributed by atoms with Gasteiger partial charge in [-0.3, -0.25) is 9.59 Å². The summed E-state index contributed by atoms with van der Waals surface area (Å²) in [6, 6.07) is 22.9. The molecule has 0 heterocycles. The fraction of sp³-hybridized carbons (Fsp3) is 0.188. The molecule has 1 atom stereocenters. The van der Waals surface area contributed by atoms with E-state index in [0.29, 0.717) is 33.2 Å². The number of carbonyl (C=O) groups is 2. The molecule has 0 aliphatic rings. The van der Waals surface area contributed by atoms with Crippen LogP contribution in [-0.2, 0) is 17.4 Å². The molecule has 1 unspecified atom stereocenters. The predicted octanol–water partition coefficient (Wildman–Crippen LogP) is 8.90. The number of hydrogen-bond acceptors (Lipinski definition) is 2. The predicted molar refractivity (Wildman–Crippen MR) is 155 cm³/mol. The van der Waals surface area contributed by atoms with Crippen molar-refractivity contribution >= 4 is 35.1 Å². The van der Waals surface area contributed by atoms with Crippen molar-refractivity contribution in [1.29, 1.82) is 0 Å². The number of carbonyl (C=O) groups excluding carboxylic acids is 1. The number of rotatable bonds is 9. The fourth-order valence-electron chi connectivity index (χ4n) is 4.64. The molecule has 0 fully saturated rings. The Labute approximate surface area is 245 Å². The van der Waals surface area contributed by atoms with Crippen LogP contribution in [0.5, 0.6) is 0 Å². The van der Waals surface area contributed by atoms with Gasteiger partial charge in [0.1, 0.15) is 0 Å². The number of nitrogens with one attached hydrogen (secondary N) is 1. The Morgan fingerprint density at radius 1 is 0.854 bits per heavy atom. The number of amides is 1. The SMILES string of the molecule is CC(Cc1cc(-c2ccc(Cl)c(Cl)c2)ccc1-c1ccccc1C(F)(F)F)c1ccc(C(=O)NCCC(=O)O)cc1. The van der Waals surface area contributed by atoms with Crippen molar-refractivity contribution in [2.45, 2.75) is 31.9 Å². The lowest BCUT2D eigenvalue weighted by Gasteiger charge is -2.20. The van der Waals surface area contributed by atoms with Gasteiger partial charge in [-0.25, -0.2) is 0 Å². The number of alkyl halides is 3. The molecule has 4 nitrogen and oxygen atoms in total. The Balaban J connectivity index is 1.68. The number of benzene rings is 4. The van der Waals surface area contributed by atoms with Crippen molar-refractivity contribution in [3.05, 3.63) is 117 Å². The van der Waals surface area contributed by atoms with Crippen molar-refractivity contribution in [3.63, 3.8) is 0 Å². The smallest absolute Gasteiger partial charge is 0.417 e. The second-order valence-corrected chi connectivity index (χ2v) is 10.5. The molecule has 0 spiro atoms. The van der Waals surface area contributed by atoms with Crippen molar-refractivity contribution in [3.8, 4) is 22.3 Å². The first-order valence-corrected chi connectivity index (χ1v) is 13.5. The van der Waals surface area contributed by atoms with Crippen LogP contribution in [0.25, 0.3) is 22.3 Å². The van der Waals surface area contributed by atoms with Crippen molar-refractivity contribution in [2.75, 3.05) is 6.54 Å². The van der Waals surface area contributed by atoms with E-state index in [2.05, 4.69) is 5.32 Å². The monoisotopic (exact) mass is 599 g/mol. The van der Waals surface area contributed by atoms with Gasteiger partial charge in [-0.2, -0.15) is 13.2 Å². The van der Waals surface area contributed by atoms with Gasteiger partial charge in [-0.05, 0) is 76.1 Å². The lowest BCUT2D eigenvalue weighted by atomic mass is 9.86. The number of aliphatic carboxylic acids is 1. The summed E-state index contributed by atoms with van der Waals surface area (Å²) in [5, 5.41) is 12.1. The maximum atomic E-state index is 14.0. The van der Waals surface area contributed by atoms with Crippen molar-refractivity contribution in [2.24, 2.45) is 0 Å². The zero-order valence-corrected chi connectivity index (χ0v) is 23.4. The second kappa shape index (κ2) is 12.8. The van der Waals surface area contributed by atoms with Gasteiger partial charge in [-0.1, -0.05) is 84.7 Å². The van der Waals surface area contributed by atoms with Gasteiger partial charge in [0, 0.05) is 12.1 Å². The molecular weight excluding hydrogens is 574 g/mol. The second-order valence-electron chi connectivity index (χ2n) is 9.67. The minimum atomic E-state index is -4.53. The van der Waals surface area contributed by atoms with Crippen LogP contribution in [0.15, 0.2) is 84.9 Å². The van der Waals surface area contributed by atoms with Gasteiger partial charge in [-0.15, -0.1) is 0 Å². The minimum absolute atomic E-state index is 0.0175. The molecule has 4 aromatic carbocycles. The van der Waals surface area contributed by atoms with Crippen LogP contribution in [-0.4, -0.2) is 23.5 Å². The summed E-state index contributed by atoms with van der Waals surface area (Å²) in [5.74, 6) is -1.50. The summed E-state index contributed by atoms with van der Waals surface area (Å²) in [4.78, 5) is 23.0. The molecule has 9 heteroatoms. The Kier molecular flexibility index (Phi) is 9.41. The van der Waals surface area contributed by atoms with Crippen LogP contribution < -0.4 is 5.32 Å². The fourth-order valence-corrected chi connectivity index (χ4v) is 4.94. The summed E-state index contributed by atoms with van der Waals surface area (Å²) >= 11 is 12.3. The maximum Gasteiger partial charge on any atom is 0.417 e. The molecule has 1 amide bonds. The zero-order valence-electron chi connectivity index (χ0n) is 21.9. The molecule has 0 saturated heterocycles. The van der Waals surface area contributed by atoms with Crippen LogP contribution in [0.1, 0.15) is 46.3 Å². The molecule has 0 aliphatic carbocycles. The number of halogens is 5. The van der Waals surface area contributed by atoms with Crippen molar-refractivity contribution in [1.82, 2.24) is 5.32 Å². The molecule has 0 bridgehead atoms. The molecule has 0 aliphatic heterocycles. The summed E-state index contributed by atoms with van der Waals surface area (Å²) in [6.07, 6.45) is -4.29. The van der Waals surface area contributed by atoms with Gasteiger partial charge in [0.15, 0.2) is 0 Å². The molecule has 4 aromatic rings. The van der Waals surface area contributed by atoms with Crippen LogP contribution in [0.2, 0.25) is 10.0 Å². The van der Waals surface area contributed by atoms with Gasteiger partial charge < -0.3 is 10.4 Å². The van der Waals surface area contributed by atoms with E-state index in [4.69, 9.17) is 28.3 Å². The first kappa shape index (κ1) is 30.2. The third-order valence-corrected chi connectivity index (χ3v) is 7.51. The Bertz CT molecular complexity index is 1570. The van der Waals surface area contributed by atoms with E-state index < -0.39 is 17.7 Å². The third kappa shape index (κ3) is 7.48. The normalized spacial score (nSPS) is 12.1. The number of hydrogen-bond donors (Lipinski definition) is 2. The highest BCUT2D eigenvalue weighted by molar-refractivity contribution is 6.42. The number of carboxylic acid groups (broad SMARTS) is 1. The van der Waals surface area contributed by atoms with Crippen LogP contribution in [0, 0.1) is 0 Å². The molecule has 41 heavy (non-hydrogen) atoms. The van der Waals surface area contributed by atoms with E-state index in [9.17, 15) is 22.8 Å². The van der Waals surface area contributed by atoms with E-state index in [1.165, 1.54) is 12.1 Å². The Morgan fingerprint density at radius 2 is 1.51 bits per heavy atom. The first-order valence-electron chi connectivity index (χ1n) is 12.8. The average molecular weight is 600 g/mol. The highest BCUT2D eigenvalue weighted by Gasteiger charge is 2.33. The van der Waals surface area contributed by atoms with E-state index in [0.717, 1.165) is 22.8 Å². The van der Waals surface area contributed by atoms with Crippen LogP contribution in [0.3, 0.4) is 0 Å². The molecule has 0 radical (unpaired) electrons. The molecule has 4 rings (SSSR count). The van der Waals surface area contributed by atoms with Crippen LogP contribution >= 0.6 is 23.2 Å². The van der Waals surface area contributed by atoms with Gasteiger partial charge in [0.25, 0.3) is 5.91 Å². The summed E-state index contributed by atoms with van der Waals surface area (Å²) in [5.41, 5.74) is 3.41. The summed E-state index contributed by atoms with van der Waals surface area (Å²) in [6.45, 7) is 1.98. The topological polar surface area (TPSA) is 66.4 Å². The molecule has 2 N–H and O–H groups in total. The summed E-state index contributed by atoms with van der Waals surface area (Å²) < 4.78 is 41.9. The molecular formula is C32H26Cl2F3NO3. The Morgan fingerprint density at radius 3 is 2.17 bits per heavy atom. The maximum absolute atomic E-state index is 14.0. The van der Waals surface area contributed by atoms with Gasteiger partial charge >= 0.3 is 12.1 Å². The van der Waals surface area contributed by atoms with E-state index >= 15 is 0 Å². The third-order valence-electron chi connectivity index (χ3n) is 6.77. The van der Waals surface area contributed by atoms with Gasteiger partial charge in [0.2, 0.25) is 0 Å². The molecule has 0 saturated carbocycles. The average Bonchev–Trinajstić information content (AvgIpc) is 2.94. The van der Waals surface area contributed by atoms with Gasteiger partial charge in [0.05, 0.1) is 22.0 Å². The van der Waals surface area contributed by atoms with Crippen LogP contribution in [0.4, 0.5) is 13.2 Å². The highest BCUT2D eigenvalue weighted by atomic mass is 35.5.